The molecule has 0 radical (unpaired) electrons. The number of rotatable bonds is 1. The molecule has 0 aliphatic heterocycles. The standard InChI is InChI=1S/C7H7.C5H5.2ClH.Ti/c1-2-7-5-3-4-6-7;1-2-4-5-3-1;;;/h2-3,5H,1,4H2;1-3H,4H2;2*1H;/q2*-1;;;+2/p-2. The monoisotopic (exact) mass is 274 g/mol. The average Bonchev–Trinajstić information content (AvgIpc) is 2.96. The molecule has 0 nitrogen and oxygen atoms in total. The molecule has 0 amide bonds. The van der Waals surface area contributed by atoms with E-state index >= 15 is 0 Å². The van der Waals surface area contributed by atoms with Crippen LogP contribution in [0.5, 0.6) is 0 Å². The summed E-state index contributed by atoms with van der Waals surface area (Å²) < 4.78 is 0. The van der Waals surface area contributed by atoms with Crippen LogP contribution in [0, 0.1) is 12.2 Å². The number of hydrogen-bond donors (Lipinski definition) is 0. The topological polar surface area (TPSA) is 0 Å². The van der Waals surface area contributed by atoms with E-state index in [0.717, 1.165) is 18.4 Å². The van der Waals surface area contributed by atoms with E-state index in [1.165, 1.54) is 0 Å². The quantitative estimate of drug-likeness (QED) is 0.486. The van der Waals surface area contributed by atoms with E-state index in [0.29, 0.717) is 0 Å². The van der Waals surface area contributed by atoms with E-state index in [4.69, 9.17) is 18.6 Å². The van der Waals surface area contributed by atoms with Gasteiger partial charge >= 0.3 is 35.6 Å². The summed E-state index contributed by atoms with van der Waals surface area (Å²) in [6, 6.07) is 0. The molecule has 2 aliphatic carbocycles. The number of hydrogen-bond acceptors (Lipinski definition) is 0. The summed E-state index contributed by atoms with van der Waals surface area (Å²) >= 11 is -0.556. The van der Waals surface area contributed by atoms with Crippen molar-refractivity contribution in [2.24, 2.45) is 0 Å². The fourth-order valence-corrected chi connectivity index (χ4v) is 0.902. The Kier molecular flexibility index (Phi) is 12.1. The molecule has 0 spiro atoms. The van der Waals surface area contributed by atoms with Crippen LogP contribution in [0.15, 0.2) is 48.6 Å². The van der Waals surface area contributed by atoms with Crippen molar-refractivity contribution in [1.82, 2.24) is 0 Å². The Morgan fingerprint density at radius 3 is 2.27 bits per heavy atom. The molecule has 3 heteroatoms. The van der Waals surface area contributed by atoms with E-state index in [2.05, 4.69) is 30.9 Å². The minimum atomic E-state index is -0.556. The first-order chi connectivity index (χ1) is 7.35. The molecule has 0 atom stereocenters. The first-order valence-electron chi connectivity index (χ1n) is 4.43. The van der Waals surface area contributed by atoms with Gasteiger partial charge in [0.05, 0.1) is 0 Å². The summed E-state index contributed by atoms with van der Waals surface area (Å²) in [5, 5.41) is 0. The SMILES string of the molecule is C=CC1=[C-]CC=C1.[C-]1=CC=CC1.[Cl][Ti][Cl]. The Morgan fingerprint density at radius 2 is 2.07 bits per heavy atom. The van der Waals surface area contributed by atoms with Crippen LogP contribution >= 0.6 is 18.6 Å². The third-order valence-corrected chi connectivity index (χ3v) is 1.53. The Balaban J connectivity index is 0.000000216. The van der Waals surface area contributed by atoms with Crippen LogP contribution in [0.4, 0.5) is 0 Å². The Labute approximate surface area is 109 Å². The maximum atomic E-state index is 4.89. The molecule has 0 heterocycles. The Bertz CT molecular complexity index is 265. The third kappa shape index (κ3) is 10.3. The summed E-state index contributed by atoms with van der Waals surface area (Å²) in [5.41, 5.74) is 1.13. The van der Waals surface area contributed by atoms with Gasteiger partial charge in [-0.3, -0.25) is 6.08 Å². The van der Waals surface area contributed by atoms with Crippen molar-refractivity contribution in [3.05, 3.63) is 60.8 Å². The van der Waals surface area contributed by atoms with Crippen molar-refractivity contribution in [3.8, 4) is 0 Å². The minimum absolute atomic E-state index is 0.556. The summed E-state index contributed by atoms with van der Waals surface area (Å²) in [6.45, 7) is 3.59. The fourth-order valence-electron chi connectivity index (χ4n) is 0.902. The van der Waals surface area contributed by atoms with Crippen LogP contribution < -0.4 is 0 Å². The van der Waals surface area contributed by atoms with E-state index in [9.17, 15) is 0 Å². The molecule has 15 heavy (non-hydrogen) atoms. The first kappa shape index (κ1) is 15.0. The van der Waals surface area contributed by atoms with Gasteiger partial charge in [-0.05, 0) is 0 Å². The van der Waals surface area contributed by atoms with Crippen LogP contribution in [0.2, 0.25) is 0 Å². The van der Waals surface area contributed by atoms with Gasteiger partial charge in [0.1, 0.15) is 0 Å². The van der Waals surface area contributed by atoms with Crippen LogP contribution in [-0.2, 0) is 17.0 Å². The molecule has 2 rings (SSSR count). The number of halogens is 2. The normalized spacial score (nSPS) is 14.7. The number of allylic oxidation sites excluding steroid dienone is 9. The Hall–Kier alpha value is -0.00571. The second kappa shape index (κ2) is 12.1. The van der Waals surface area contributed by atoms with E-state index in [1.807, 2.05) is 24.3 Å². The Morgan fingerprint density at radius 1 is 1.33 bits per heavy atom. The second-order valence-corrected chi connectivity index (χ2v) is 5.10. The van der Waals surface area contributed by atoms with Gasteiger partial charge in [-0.15, -0.1) is 12.5 Å². The molecule has 0 aromatic carbocycles. The maximum absolute atomic E-state index is 4.89. The second-order valence-electron chi connectivity index (χ2n) is 2.52. The molecule has 0 N–H and O–H groups in total. The molecular formula is C12H12Cl2Ti-2. The van der Waals surface area contributed by atoms with Crippen molar-refractivity contribution < 1.29 is 17.0 Å². The van der Waals surface area contributed by atoms with Gasteiger partial charge in [-0.2, -0.15) is 36.5 Å². The molecule has 80 valence electrons. The van der Waals surface area contributed by atoms with Crippen molar-refractivity contribution in [2.75, 3.05) is 0 Å². The summed E-state index contributed by atoms with van der Waals surface area (Å²) in [4.78, 5) is 0. The van der Waals surface area contributed by atoms with Crippen LogP contribution in [0.25, 0.3) is 0 Å². The van der Waals surface area contributed by atoms with Gasteiger partial charge in [0, 0.05) is 0 Å². The summed E-state index contributed by atoms with van der Waals surface area (Å²) in [7, 11) is 9.78. The van der Waals surface area contributed by atoms with Crippen LogP contribution in [-0.4, -0.2) is 0 Å². The van der Waals surface area contributed by atoms with Gasteiger partial charge in [-0.25, -0.2) is 12.2 Å². The molecule has 0 aromatic rings. The zero-order valence-corrected chi connectivity index (χ0v) is 11.4. The van der Waals surface area contributed by atoms with Crippen molar-refractivity contribution in [3.63, 3.8) is 0 Å². The van der Waals surface area contributed by atoms with Crippen molar-refractivity contribution >= 4 is 18.6 Å². The molecule has 0 fully saturated rings. The van der Waals surface area contributed by atoms with Gasteiger partial charge in [0.15, 0.2) is 0 Å². The van der Waals surface area contributed by atoms with Crippen LogP contribution in [0.1, 0.15) is 12.8 Å². The molecular weight excluding hydrogens is 263 g/mol. The first-order valence-corrected chi connectivity index (χ1v) is 8.72. The van der Waals surface area contributed by atoms with Gasteiger partial charge in [0.2, 0.25) is 0 Å². The van der Waals surface area contributed by atoms with E-state index in [1.54, 1.807) is 0 Å². The predicted octanol–water partition coefficient (Wildman–Crippen LogP) is 4.54. The molecule has 0 saturated carbocycles. The van der Waals surface area contributed by atoms with E-state index in [-0.39, 0.29) is 0 Å². The molecule has 0 aromatic heterocycles. The van der Waals surface area contributed by atoms with Gasteiger partial charge in [-0.1, -0.05) is 6.42 Å². The molecule has 0 saturated heterocycles. The molecule has 0 bridgehead atoms. The summed E-state index contributed by atoms with van der Waals surface area (Å²) in [5.74, 6) is 0. The predicted molar refractivity (Wildman–Crippen MR) is 64.0 cm³/mol. The van der Waals surface area contributed by atoms with Gasteiger partial charge < -0.3 is 0 Å². The van der Waals surface area contributed by atoms with Crippen molar-refractivity contribution in [2.45, 2.75) is 12.8 Å². The van der Waals surface area contributed by atoms with E-state index < -0.39 is 17.0 Å². The zero-order chi connectivity index (χ0) is 11.4. The summed E-state index contributed by atoms with van der Waals surface area (Å²) in [6.07, 6.45) is 19.9. The third-order valence-electron chi connectivity index (χ3n) is 1.53. The van der Waals surface area contributed by atoms with Crippen LogP contribution in [0.3, 0.4) is 0 Å². The van der Waals surface area contributed by atoms with Crippen molar-refractivity contribution in [1.29, 1.82) is 0 Å². The molecule has 0 unspecified atom stereocenters. The average molecular weight is 275 g/mol. The fraction of sp³-hybridized carbons (Fsp3) is 0.167. The zero-order valence-electron chi connectivity index (χ0n) is 8.34. The van der Waals surface area contributed by atoms with Gasteiger partial charge in [0.25, 0.3) is 0 Å². The molecule has 2 aliphatic rings.